The van der Waals surface area contributed by atoms with Crippen LogP contribution in [0.5, 0.6) is 11.5 Å². The van der Waals surface area contributed by atoms with E-state index in [4.69, 9.17) is 20.4 Å². The average Bonchev–Trinajstić information content (AvgIpc) is 3.26. The van der Waals surface area contributed by atoms with E-state index in [0.29, 0.717) is 46.6 Å². The van der Waals surface area contributed by atoms with E-state index in [-0.39, 0.29) is 19.1 Å². The smallest absolute Gasteiger partial charge is 0.332 e. The number of imidazole rings is 1. The van der Waals surface area contributed by atoms with Crippen molar-refractivity contribution in [2.75, 3.05) is 18.0 Å². The first kappa shape index (κ1) is 25.6. The largest absolute Gasteiger partial charge is 0.454 e. The second kappa shape index (κ2) is 10.2. The Morgan fingerprint density at radius 3 is 2.75 bits per heavy atom. The Bertz CT molecular complexity index is 1850. The van der Waals surface area contributed by atoms with Crippen LogP contribution in [-0.2, 0) is 20.1 Å². The van der Waals surface area contributed by atoms with Crippen LogP contribution in [-0.4, -0.2) is 43.5 Å². The molecule has 0 radical (unpaired) electrons. The van der Waals surface area contributed by atoms with Crippen LogP contribution in [0.3, 0.4) is 0 Å². The third-order valence-electron chi connectivity index (χ3n) is 7.46. The molecule has 0 saturated carbocycles. The Hall–Kier alpha value is -4.62. The summed E-state index contributed by atoms with van der Waals surface area (Å²) in [5.41, 5.74) is 8.94. The summed E-state index contributed by atoms with van der Waals surface area (Å²) in [5, 5.41) is 0. The minimum Gasteiger partial charge on any atom is -0.454 e. The number of aromatic nitrogens is 4. The van der Waals surface area contributed by atoms with Crippen LogP contribution in [0.4, 0.5) is 11.6 Å². The molecule has 2 aliphatic rings. The molecule has 10 heteroatoms. The number of aliphatic imine (C=N–C) groups is 1. The van der Waals surface area contributed by atoms with Crippen LogP contribution in [0.1, 0.15) is 30.9 Å². The number of anilines is 1. The van der Waals surface area contributed by atoms with E-state index in [2.05, 4.69) is 16.7 Å². The lowest BCUT2D eigenvalue weighted by Crippen LogP contribution is -2.44. The molecule has 0 bridgehead atoms. The highest BCUT2D eigenvalue weighted by atomic mass is 16.5. The molecule has 204 valence electrons. The summed E-state index contributed by atoms with van der Waals surface area (Å²) in [6, 6.07) is 13.3. The topological polar surface area (TPSA) is 113 Å². The third-order valence-corrected chi connectivity index (χ3v) is 7.46. The number of nitrogens with two attached hydrogens (primary N) is 1. The van der Waals surface area contributed by atoms with E-state index >= 15 is 0 Å². The van der Waals surface area contributed by atoms with Crippen molar-refractivity contribution in [1.29, 1.82) is 0 Å². The van der Waals surface area contributed by atoms with Crippen LogP contribution in [0.25, 0.3) is 11.2 Å². The Labute approximate surface area is 231 Å². The van der Waals surface area contributed by atoms with Gasteiger partial charge in [0, 0.05) is 31.7 Å². The highest BCUT2D eigenvalue weighted by molar-refractivity contribution is 6.05. The molecule has 1 unspecified atom stereocenters. The van der Waals surface area contributed by atoms with Gasteiger partial charge in [0.05, 0.1) is 18.8 Å². The second-order valence-electron chi connectivity index (χ2n) is 10.3. The molecule has 10 nitrogen and oxygen atoms in total. The van der Waals surface area contributed by atoms with Crippen molar-refractivity contribution in [1.82, 2.24) is 18.7 Å². The van der Waals surface area contributed by atoms with E-state index in [1.54, 1.807) is 14.0 Å². The Balaban J connectivity index is 1.55. The van der Waals surface area contributed by atoms with E-state index in [9.17, 15) is 9.59 Å². The quantitative estimate of drug-likeness (QED) is 0.401. The summed E-state index contributed by atoms with van der Waals surface area (Å²) in [7, 11) is 1.64. The van der Waals surface area contributed by atoms with E-state index in [1.807, 2.05) is 54.0 Å². The molecule has 2 aromatic carbocycles. The number of piperidine rings is 1. The average molecular weight is 538 g/mol. The summed E-state index contributed by atoms with van der Waals surface area (Å²) in [4.78, 5) is 39.6. The third kappa shape index (κ3) is 4.38. The van der Waals surface area contributed by atoms with Crippen molar-refractivity contribution in [3.05, 3.63) is 74.4 Å². The lowest BCUT2D eigenvalue weighted by Gasteiger charge is -2.31. The number of nitrogens with zero attached hydrogens (tertiary/aromatic N) is 6. The van der Waals surface area contributed by atoms with Gasteiger partial charge >= 0.3 is 5.69 Å². The van der Waals surface area contributed by atoms with Gasteiger partial charge in [0.1, 0.15) is 11.4 Å². The van der Waals surface area contributed by atoms with Crippen molar-refractivity contribution >= 4 is 28.5 Å². The molecule has 6 rings (SSSR count). The molecule has 0 aliphatic carbocycles. The molecular formula is C30H31N7O3. The predicted octanol–water partition coefficient (Wildman–Crippen LogP) is 3.08. The SMILES string of the molecule is CC#CCn1c(N2CCCC(N)C2)nc2c1c(=O)n(CC1=Nc3ccccc3Oc3ccc(C)cc31)c(=O)n2C. The highest BCUT2D eigenvalue weighted by Crippen LogP contribution is 2.37. The van der Waals surface area contributed by atoms with E-state index < -0.39 is 11.2 Å². The maximum atomic E-state index is 14.1. The number of para-hydroxylation sites is 2. The predicted molar refractivity (Wildman–Crippen MR) is 156 cm³/mol. The summed E-state index contributed by atoms with van der Waals surface area (Å²) in [6.07, 6.45) is 1.86. The van der Waals surface area contributed by atoms with Crippen LogP contribution < -0.4 is 26.6 Å². The lowest BCUT2D eigenvalue weighted by atomic mass is 10.1. The second-order valence-corrected chi connectivity index (χ2v) is 10.3. The monoisotopic (exact) mass is 537 g/mol. The van der Waals surface area contributed by atoms with Crippen molar-refractivity contribution < 1.29 is 4.74 Å². The van der Waals surface area contributed by atoms with Crippen LogP contribution in [0.2, 0.25) is 0 Å². The van der Waals surface area contributed by atoms with E-state index in [0.717, 1.165) is 30.5 Å². The van der Waals surface area contributed by atoms with Gasteiger partial charge in [-0.1, -0.05) is 29.7 Å². The number of ether oxygens (including phenoxy) is 1. The molecule has 1 atom stereocenters. The Morgan fingerprint density at radius 1 is 1.12 bits per heavy atom. The van der Waals surface area contributed by atoms with Gasteiger partial charge in [-0.15, -0.1) is 5.92 Å². The Kier molecular flexibility index (Phi) is 6.52. The molecule has 1 fully saturated rings. The van der Waals surface area contributed by atoms with Crippen molar-refractivity contribution in [2.45, 2.75) is 45.8 Å². The summed E-state index contributed by atoms with van der Waals surface area (Å²) >= 11 is 0. The van der Waals surface area contributed by atoms with Gasteiger partial charge in [-0.2, -0.15) is 4.98 Å². The van der Waals surface area contributed by atoms with Gasteiger partial charge in [0.2, 0.25) is 5.95 Å². The maximum Gasteiger partial charge on any atom is 0.332 e. The summed E-state index contributed by atoms with van der Waals surface area (Å²) in [5.74, 6) is 7.82. The lowest BCUT2D eigenvalue weighted by molar-refractivity contribution is 0.484. The molecule has 2 N–H and O–H groups in total. The normalized spacial score (nSPS) is 16.4. The van der Waals surface area contributed by atoms with Crippen molar-refractivity contribution in [3.8, 4) is 23.3 Å². The fraction of sp³-hybridized carbons (Fsp3) is 0.333. The fourth-order valence-electron chi connectivity index (χ4n) is 5.43. The molecule has 4 aromatic rings. The summed E-state index contributed by atoms with van der Waals surface area (Å²) in [6.45, 7) is 5.36. The zero-order chi connectivity index (χ0) is 28.0. The fourth-order valence-corrected chi connectivity index (χ4v) is 5.43. The molecule has 40 heavy (non-hydrogen) atoms. The molecular weight excluding hydrogens is 506 g/mol. The van der Waals surface area contributed by atoms with Gasteiger partial charge in [-0.25, -0.2) is 9.79 Å². The van der Waals surface area contributed by atoms with Crippen LogP contribution in [0.15, 0.2) is 57.0 Å². The zero-order valence-corrected chi connectivity index (χ0v) is 22.8. The molecule has 0 spiro atoms. The van der Waals surface area contributed by atoms with Gasteiger partial charge in [0.15, 0.2) is 16.9 Å². The van der Waals surface area contributed by atoms with Crippen molar-refractivity contribution in [3.63, 3.8) is 0 Å². The zero-order valence-electron chi connectivity index (χ0n) is 22.8. The first-order valence-corrected chi connectivity index (χ1v) is 13.4. The molecule has 2 aromatic heterocycles. The van der Waals surface area contributed by atoms with Crippen molar-refractivity contribution in [2.24, 2.45) is 17.8 Å². The molecule has 0 amide bonds. The number of hydrogen-bond acceptors (Lipinski definition) is 7. The standard InChI is InChI=1S/C30H31N7O3/c1-4-5-15-36-26-27(33-29(36)35-14-8-9-20(31)17-35)34(3)30(39)37(28(26)38)18-23-21-16-19(2)12-13-24(21)40-25-11-7-6-10-22(25)32-23/h6-7,10-13,16,20H,8-9,14-15,17-18,31H2,1-3H3. The summed E-state index contributed by atoms with van der Waals surface area (Å²) < 4.78 is 10.7. The first-order chi connectivity index (χ1) is 19.4. The van der Waals surface area contributed by atoms with Gasteiger partial charge in [-0.3, -0.25) is 18.5 Å². The highest BCUT2D eigenvalue weighted by Gasteiger charge is 2.27. The number of hydrogen-bond donors (Lipinski definition) is 1. The number of aryl methyl sites for hydroxylation is 2. The minimum absolute atomic E-state index is 0.0154. The first-order valence-electron chi connectivity index (χ1n) is 13.4. The van der Waals surface area contributed by atoms with Gasteiger partial charge in [0.25, 0.3) is 5.56 Å². The van der Waals surface area contributed by atoms with Gasteiger partial charge in [-0.05, 0) is 51.0 Å². The molecule has 1 saturated heterocycles. The van der Waals surface area contributed by atoms with Crippen LogP contribution in [0, 0.1) is 18.8 Å². The van der Waals surface area contributed by atoms with E-state index in [1.165, 1.54) is 9.13 Å². The maximum absolute atomic E-state index is 14.1. The molecule has 2 aliphatic heterocycles. The number of rotatable bonds is 4. The number of fused-ring (bicyclic) bond motifs is 3. The van der Waals surface area contributed by atoms with Gasteiger partial charge < -0.3 is 15.4 Å². The minimum atomic E-state index is -0.471. The number of benzene rings is 2. The van der Waals surface area contributed by atoms with Crippen LogP contribution >= 0.6 is 0 Å². The Morgan fingerprint density at radius 2 is 1.95 bits per heavy atom. The molecule has 4 heterocycles.